The van der Waals surface area contributed by atoms with Crippen LogP contribution in [0.3, 0.4) is 0 Å². The van der Waals surface area contributed by atoms with Gasteiger partial charge in [-0.1, -0.05) is 24.3 Å². The van der Waals surface area contributed by atoms with Gasteiger partial charge in [0.25, 0.3) is 10.2 Å². The molecule has 2 atom stereocenters. The topological polar surface area (TPSA) is 122 Å². The molecule has 14 heteroatoms. The van der Waals surface area contributed by atoms with Crippen LogP contribution in [0.5, 0.6) is 5.75 Å². The third-order valence-electron chi connectivity index (χ3n) is 6.12. The molecule has 210 valence electrons. The Labute approximate surface area is 217 Å². The first kappa shape index (κ1) is 29.8. The summed E-state index contributed by atoms with van der Waals surface area (Å²) in [7, 11) is -3.66. The van der Waals surface area contributed by atoms with Gasteiger partial charge in [-0.2, -0.15) is 30.2 Å². The largest absolute Gasteiger partial charge is 0.492 e. The number of hydrogen-bond donors (Lipinski definition) is 2. The zero-order chi connectivity index (χ0) is 27.9. The lowest BCUT2D eigenvalue weighted by atomic mass is 9.96. The molecule has 0 amide bonds. The number of carboxylic acids is 1. The molecule has 0 aliphatic carbocycles. The van der Waals surface area contributed by atoms with Gasteiger partial charge in [-0.15, -0.1) is 0 Å². The van der Waals surface area contributed by atoms with Crippen molar-refractivity contribution in [2.75, 3.05) is 39.5 Å². The summed E-state index contributed by atoms with van der Waals surface area (Å²) >= 11 is 0. The quantitative estimate of drug-likeness (QED) is 0.497. The van der Waals surface area contributed by atoms with Crippen molar-refractivity contribution in [1.29, 1.82) is 0 Å². The van der Waals surface area contributed by atoms with Crippen molar-refractivity contribution >= 4 is 16.2 Å². The number of alkyl halides is 3. The van der Waals surface area contributed by atoms with E-state index in [9.17, 15) is 26.0 Å². The average molecular weight is 564 g/mol. The lowest BCUT2D eigenvalue weighted by molar-refractivity contribution is -0.192. The van der Waals surface area contributed by atoms with Crippen molar-refractivity contribution in [3.05, 3.63) is 65.5 Å². The van der Waals surface area contributed by atoms with Crippen LogP contribution in [-0.2, 0) is 26.3 Å². The van der Waals surface area contributed by atoms with Gasteiger partial charge in [0.05, 0.1) is 19.3 Å². The van der Waals surface area contributed by atoms with Crippen LogP contribution in [0.1, 0.15) is 23.5 Å². The Balaban J connectivity index is 0.000000505. The molecule has 2 aliphatic rings. The van der Waals surface area contributed by atoms with E-state index >= 15 is 0 Å². The molecule has 0 spiro atoms. The number of ether oxygens (including phenoxy) is 2. The highest BCUT2D eigenvalue weighted by Crippen LogP contribution is 2.35. The summed E-state index contributed by atoms with van der Waals surface area (Å²) in [6, 6.07) is 13.5. The zero-order valence-electron chi connectivity index (χ0n) is 20.3. The van der Waals surface area contributed by atoms with Gasteiger partial charge in [0.2, 0.25) is 0 Å². The standard InChI is InChI=1S/C22H28FN3O4S.C2HF3O2/c23-20-6-4-18(5-7-20)19-13-21(16-30-22-3-1-2-17(12-22)14-24)26(15-19)31(27,28)25-8-10-29-11-9-25;3-2(4,5)1(6)7/h1-7,12,19,21H,8-11,13-16,24H2;(H,6,7). The van der Waals surface area contributed by atoms with E-state index < -0.39 is 22.4 Å². The Morgan fingerprint density at radius 1 is 1.13 bits per heavy atom. The highest BCUT2D eigenvalue weighted by Gasteiger charge is 2.43. The molecule has 2 aliphatic heterocycles. The van der Waals surface area contributed by atoms with E-state index in [0.717, 1.165) is 11.1 Å². The maximum Gasteiger partial charge on any atom is 0.490 e. The molecular weight excluding hydrogens is 534 g/mol. The van der Waals surface area contributed by atoms with E-state index in [2.05, 4.69) is 0 Å². The second-order valence-corrected chi connectivity index (χ2v) is 10.6. The Hall–Kier alpha value is -2.78. The third kappa shape index (κ3) is 7.86. The highest BCUT2D eigenvalue weighted by atomic mass is 32.2. The molecule has 2 saturated heterocycles. The van der Waals surface area contributed by atoms with Gasteiger partial charge in [-0.3, -0.25) is 0 Å². The number of carbonyl (C=O) groups is 1. The number of benzene rings is 2. The predicted octanol–water partition coefficient (Wildman–Crippen LogP) is 2.73. The predicted molar refractivity (Wildman–Crippen MR) is 129 cm³/mol. The Kier molecular flexibility index (Phi) is 10.1. The van der Waals surface area contributed by atoms with Crippen LogP contribution in [0, 0.1) is 5.82 Å². The first-order valence-corrected chi connectivity index (χ1v) is 13.1. The molecule has 0 saturated carbocycles. The van der Waals surface area contributed by atoms with Crippen molar-refractivity contribution in [1.82, 2.24) is 8.61 Å². The number of rotatable bonds is 7. The maximum atomic E-state index is 13.4. The first-order chi connectivity index (χ1) is 17.9. The van der Waals surface area contributed by atoms with Crippen molar-refractivity contribution in [2.24, 2.45) is 5.73 Å². The van der Waals surface area contributed by atoms with Gasteiger partial charge in [-0.05, 0) is 47.7 Å². The van der Waals surface area contributed by atoms with Crippen molar-refractivity contribution < 1.29 is 45.4 Å². The molecule has 3 N–H and O–H groups in total. The lowest BCUT2D eigenvalue weighted by Crippen LogP contribution is -2.51. The Morgan fingerprint density at radius 3 is 2.34 bits per heavy atom. The minimum absolute atomic E-state index is 0.0274. The van der Waals surface area contributed by atoms with Gasteiger partial charge in [0.1, 0.15) is 18.2 Å². The maximum absolute atomic E-state index is 13.4. The first-order valence-electron chi connectivity index (χ1n) is 11.7. The molecule has 2 aromatic carbocycles. The van der Waals surface area contributed by atoms with E-state index in [4.69, 9.17) is 25.1 Å². The highest BCUT2D eigenvalue weighted by molar-refractivity contribution is 7.86. The molecule has 2 aromatic rings. The minimum atomic E-state index is -5.08. The number of morpholine rings is 1. The molecule has 4 rings (SSSR count). The fourth-order valence-corrected chi connectivity index (χ4v) is 5.98. The van der Waals surface area contributed by atoms with Crippen LogP contribution >= 0.6 is 0 Å². The summed E-state index contributed by atoms with van der Waals surface area (Å²) in [5, 5.41) is 7.12. The fourth-order valence-electron chi connectivity index (χ4n) is 4.18. The summed E-state index contributed by atoms with van der Waals surface area (Å²) in [4.78, 5) is 8.90. The number of halogens is 4. The van der Waals surface area contributed by atoms with Crippen LogP contribution in [-0.4, -0.2) is 79.8 Å². The minimum Gasteiger partial charge on any atom is -0.492 e. The SMILES string of the molecule is NCc1cccc(OCC2CC(c3ccc(F)cc3)CN2S(=O)(=O)N2CCOCC2)c1.O=C(O)C(F)(F)F. The van der Waals surface area contributed by atoms with Gasteiger partial charge in [-0.25, -0.2) is 9.18 Å². The van der Waals surface area contributed by atoms with E-state index in [1.165, 1.54) is 16.4 Å². The monoisotopic (exact) mass is 563 g/mol. The van der Waals surface area contributed by atoms with Gasteiger partial charge >= 0.3 is 12.1 Å². The van der Waals surface area contributed by atoms with Crippen LogP contribution in [0.25, 0.3) is 0 Å². The lowest BCUT2D eigenvalue weighted by Gasteiger charge is -2.32. The molecule has 38 heavy (non-hydrogen) atoms. The number of nitrogens with two attached hydrogens (primary N) is 1. The van der Waals surface area contributed by atoms with Gasteiger partial charge < -0.3 is 20.3 Å². The number of carboxylic acid groups (broad SMARTS) is 1. The van der Waals surface area contributed by atoms with Crippen molar-refractivity contribution in [3.63, 3.8) is 0 Å². The van der Waals surface area contributed by atoms with Crippen LogP contribution < -0.4 is 10.5 Å². The number of nitrogens with zero attached hydrogens (tertiary/aromatic N) is 2. The molecule has 2 fully saturated rings. The van der Waals surface area contributed by atoms with E-state index in [1.807, 2.05) is 24.3 Å². The van der Waals surface area contributed by atoms with Crippen LogP contribution in [0.15, 0.2) is 48.5 Å². The number of hydrogen-bond acceptors (Lipinski definition) is 6. The van der Waals surface area contributed by atoms with Gasteiger partial charge in [0, 0.05) is 26.2 Å². The summed E-state index contributed by atoms with van der Waals surface area (Å²) in [5.74, 6) is -2.43. The number of aliphatic carboxylic acids is 1. The third-order valence-corrected chi connectivity index (χ3v) is 8.17. The van der Waals surface area contributed by atoms with Crippen LogP contribution in [0.2, 0.25) is 0 Å². The Bertz CT molecular complexity index is 1170. The van der Waals surface area contributed by atoms with E-state index in [1.54, 1.807) is 16.4 Å². The van der Waals surface area contributed by atoms with Gasteiger partial charge in [0.15, 0.2) is 0 Å². The average Bonchev–Trinajstić information content (AvgIpc) is 3.33. The summed E-state index contributed by atoms with van der Waals surface area (Å²) in [6.45, 7) is 2.43. The molecule has 0 aromatic heterocycles. The molecule has 2 heterocycles. The van der Waals surface area contributed by atoms with Crippen molar-refractivity contribution in [2.45, 2.75) is 31.1 Å². The zero-order valence-corrected chi connectivity index (χ0v) is 21.1. The molecule has 0 radical (unpaired) electrons. The molecule has 0 bridgehead atoms. The normalized spacial score (nSPS) is 21.0. The summed E-state index contributed by atoms with van der Waals surface area (Å²) in [6.07, 6.45) is -4.48. The molecule has 2 unspecified atom stereocenters. The second kappa shape index (κ2) is 12.8. The van der Waals surface area contributed by atoms with E-state index in [0.29, 0.717) is 51.6 Å². The Morgan fingerprint density at radius 2 is 1.76 bits per heavy atom. The smallest absolute Gasteiger partial charge is 0.490 e. The van der Waals surface area contributed by atoms with Crippen molar-refractivity contribution in [3.8, 4) is 5.75 Å². The van der Waals surface area contributed by atoms with E-state index in [-0.39, 0.29) is 24.4 Å². The second-order valence-electron chi connectivity index (χ2n) is 8.69. The molecular formula is C24H29F4N3O6S. The van der Waals surface area contributed by atoms with Crippen LogP contribution in [0.4, 0.5) is 17.6 Å². The molecule has 9 nitrogen and oxygen atoms in total. The fraction of sp³-hybridized carbons (Fsp3) is 0.458. The summed E-state index contributed by atoms with van der Waals surface area (Å²) in [5.41, 5.74) is 7.58. The summed E-state index contributed by atoms with van der Waals surface area (Å²) < 4.78 is 86.2.